The van der Waals surface area contributed by atoms with Crippen molar-refractivity contribution < 1.29 is 33.8 Å². The lowest BCUT2D eigenvalue weighted by molar-refractivity contribution is -0.158. The molecule has 2 unspecified atom stereocenters. The predicted molar refractivity (Wildman–Crippen MR) is 129 cm³/mol. The third kappa shape index (κ3) is 4.96. The highest BCUT2D eigenvalue weighted by atomic mass is 35.5. The molecule has 11 nitrogen and oxygen atoms in total. The third-order valence-electron chi connectivity index (χ3n) is 4.97. The molecule has 2 amide bonds. The Balaban J connectivity index is 1.65. The van der Waals surface area contributed by atoms with Crippen LogP contribution in [0.5, 0.6) is 0 Å². The number of halogens is 2. The Morgan fingerprint density at radius 1 is 1.26 bits per heavy atom. The first-order valence-corrected chi connectivity index (χ1v) is 13.7. The van der Waals surface area contributed by atoms with Gasteiger partial charge in [0.15, 0.2) is 5.13 Å². The number of thiazole rings is 1. The first-order chi connectivity index (χ1) is 16.0. The fourth-order valence-corrected chi connectivity index (χ4v) is 6.83. The van der Waals surface area contributed by atoms with E-state index in [9.17, 15) is 24.1 Å². The van der Waals surface area contributed by atoms with Crippen molar-refractivity contribution >= 4 is 88.6 Å². The monoisotopic (exact) mass is 564 g/mol. The number of anilines is 1. The number of carbonyl (C=O) groups excluding carboxylic acids is 2. The van der Waals surface area contributed by atoms with Gasteiger partial charge in [0, 0.05) is 26.7 Å². The van der Waals surface area contributed by atoms with Gasteiger partial charge in [0.05, 0.1) is 11.3 Å². The van der Waals surface area contributed by atoms with E-state index in [4.69, 9.17) is 33.0 Å². The normalized spacial score (nSPS) is 22.2. The van der Waals surface area contributed by atoms with Crippen molar-refractivity contribution in [3.05, 3.63) is 44.9 Å². The molecule has 1 aromatic heterocycles. The maximum Gasteiger partial charge on any atom is 0.429 e. The number of aliphatic carboxylic acids is 1. The number of nitrogens with zero attached hydrogens (tertiary/aromatic N) is 2. The van der Waals surface area contributed by atoms with Gasteiger partial charge in [-0.3, -0.25) is 14.7 Å². The summed E-state index contributed by atoms with van der Waals surface area (Å²) in [5.41, 5.74) is 0.297. The molecule has 0 spiro atoms. The van der Waals surface area contributed by atoms with Gasteiger partial charge in [-0.2, -0.15) is 0 Å². The van der Waals surface area contributed by atoms with E-state index >= 15 is 0 Å². The average molecular weight is 565 g/mol. The molecule has 5 N–H and O–H groups in total. The van der Waals surface area contributed by atoms with E-state index in [1.807, 2.05) is 5.09 Å². The van der Waals surface area contributed by atoms with Gasteiger partial charge < -0.3 is 25.1 Å². The zero-order valence-electron chi connectivity index (χ0n) is 16.7. The molecular formula is C18H15Cl2N4O7PS2. The molecule has 2 aliphatic rings. The average Bonchev–Trinajstić information content (AvgIpc) is 3.35. The number of aromatic nitrogens is 1. The van der Waals surface area contributed by atoms with E-state index in [0.29, 0.717) is 5.56 Å². The van der Waals surface area contributed by atoms with Gasteiger partial charge >= 0.3 is 13.7 Å². The molecular weight excluding hydrogens is 550 g/mol. The maximum absolute atomic E-state index is 13.2. The van der Waals surface area contributed by atoms with E-state index in [0.717, 1.165) is 11.3 Å². The predicted octanol–water partition coefficient (Wildman–Crippen LogP) is 2.35. The molecule has 2 saturated heterocycles. The number of fused-ring (bicyclic) bond motifs is 1. The highest BCUT2D eigenvalue weighted by molar-refractivity contribution is 8.00. The minimum Gasteiger partial charge on any atom is -0.480 e. The van der Waals surface area contributed by atoms with Gasteiger partial charge in [-0.25, -0.2) is 14.3 Å². The molecule has 0 aliphatic carbocycles. The van der Waals surface area contributed by atoms with Gasteiger partial charge in [0.25, 0.3) is 5.91 Å². The number of β-lactam (4-membered cyclic amide) rings is 1. The molecule has 2 fully saturated rings. The van der Waals surface area contributed by atoms with E-state index in [2.05, 4.69) is 10.3 Å². The smallest absolute Gasteiger partial charge is 0.429 e. The van der Waals surface area contributed by atoms with Crippen LogP contribution in [0.25, 0.3) is 11.6 Å². The number of rotatable bonds is 7. The van der Waals surface area contributed by atoms with Gasteiger partial charge in [0.1, 0.15) is 17.5 Å². The second-order valence-electron chi connectivity index (χ2n) is 7.16. The quantitative estimate of drug-likeness (QED) is 0.191. The van der Waals surface area contributed by atoms with Crippen LogP contribution >= 0.6 is 54.0 Å². The highest BCUT2D eigenvalue weighted by Gasteiger charge is 2.57. The molecule has 3 atom stereocenters. The maximum atomic E-state index is 13.2. The largest absolute Gasteiger partial charge is 0.480 e. The lowest BCUT2D eigenvalue weighted by Gasteiger charge is -2.43. The van der Waals surface area contributed by atoms with Crippen molar-refractivity contribution in [3.8, 4) is 0 Å². The van der Waals surface area contributed by atoms with Crippen LogP contribution < -0.4 is 10.4 Å². The number of thioether (sulfide) groups is 1. The first kappa shape index (κ1) is 25.0. The second-order valence-corrected chi connectivity index (χ2v) is 11.3. The number of hydrogen-bond donors (Lipinski definition) is 5. The number of carboxylic acids is 1. The summed E-state index contributed by atoms with van der Waals surface area (Å²) in [4.78, 5) is 60.7. The summed E-state index contributed by atoms with van der Waals surface area (Å²) >= 11 is 14.6. The number of nitrogens with one attached hydrogen (secondary N) is 2. The zero-order chi connectivity index (χ0) is 24.8. The Morgan fingerprint density at radius 3 is 2.56 bits per heavy atom. The van der Waals surface area contributed by atoms with Crippen LogP contribution in [-0.2, 0) is 18.9 Å². The molecule has 3 heterocycles. The lowest BCUT2D eigenvalue weighted by Crippen LogP contribution is -2.70. The van der Waals surface area contributed by atoms with Crippen LogP contribution in [0.1, 0.15) is 11.3 Å². The van der Waals surface area contributed by atoms with E-state index < -0.39 is 43.0 Å². The highest BCUT2D eigenvalue weighted by Crippen LogP contribution is 2.41. The summed E-state index contributed by atoms with van der Waals surface area (Å²) in [6.45, 7) is 0. The Kier molecular flexibility index (Phi) is 6.98. The minimum atomic E-state index is -4.63. The number of carboxylic acid groups (broad SMARTS) is 1. The van der Waals surface area contributed by atoms with E-state index in [-0.39, 0.29) is 32.2 Å². The molecule has 34 heavy (non-hydrogen) atoms. The van der Waals surface area contributed by atoms with Crippen LogP contribution in [-0.4, -0.2) is 65.8 Å². The van der Waals surface area contributed by atoms with Gasteiger partial charge in [-0.05, 0) is 18.2 Å². The van der Waals surface area contributed by atoms with Crippen LogP contribution in [0.15, 0.2) is 23.6 Å². The molecule has 0 saturated carbocycles. The summed E-state index contributed by atoms with van der Waals surface area (Å²) in [6.07, 6.45) is 1.36. The fourth-order valence-electron chi connectivity index (χ4n) is 3.43. The molecule has 16 heteroatoms. The van der Waals surface area contributed by atoms with Crippen LogP contribution in [0.2, 0.25) is 10.0 Å². The Hall–Kier alpha value is -2.12. The Morgan fingerprint density at radius 2 is 1.94 bits per heavy atom. The summed E-state index contributed by atoms with van der Waals surface area (Å²) in [5, 5.41) is 15.0. The van der Waals surface area contributed by atoms with Crippen molar-refractivity contribution in [2.24, 2.45) is 0 Å². The van der Waals surface area contributed by atoms with Crippen molar-refractivity contribution in [3.63, 3.8) is 0 Å². The number of carbonyl (C=O) groups is 3. The van der Waals surface area contributed by atoms with Gasteiger partial charge in [-0.1, -0.05) is 29.3 Å². The number of benzene rings is 1. The molecule has 1 aromatic carbocycles. The number of amides is 2. The topological polar surface area (TPSA) is 169 Å². The van der Waals surface area contributed by atoms with Crippen LogP contribution in [0, 0.1) is 0 Å². The number of hydrogen-bond acceptors (Lipinski definition) is 7. The molecule has 180 valence electrons. The van der Waals surface area contributed by atoms with Crippen molar-refractivity contribution in [1.29, 1.82) is 0 Å². The summed E-state index contributed by atoms with van der Waals surface area (Å²) in [5.74, 6) is -2.15. The minimum absolute atomic E-state index is 0.0561. The van der Waals surface area contributed by atoms with Crippen molar-refractivity contribution in [2.45, 2.75) is 17.5 Å². The van der Waals surface area contributed by atoms with Crippen LogP contribution in [0.4, 0.5) is 5.13 Å². The van der Waals surface area contributed by atoms with E-state index in [1.54, 1.807) is 18.2 Å². The van der Waals surface area contributed by atoms with Gasteiger partial charge in [0.2, 0.25) is 5.91 Å². The Labute approximate surface area is 210 Å². The SMILES string of the molecule is O=C(NC1C(=O)N2C(C(=O)O)CS[C@H]12)/C(=C\c1c(Cl)cccc1Cl)c1csc(NP(=O)(O)O)n1. The van der Waals surface area contributed by atoms with Crippen molar-refractivity contribution in [2.75, 3.05) is 10.8 Å². The second kappa shape index (κ2) is 9.50. The standard InChI is InChI=1S/C18H15Cl2N4O7PS2/c19-9-2-1-3-10(20)7(9)4-8(11-5-34-18(21-11)23-32(29,30)31)14(25)22-13-15(26)24-12(17(27)28)6-33-16(13)24/h1-5,12-13,16H,6H2,(H,22,25)(H,27,28)(H3,21,23,29,30,31)/b8-4-/t12?,13?,16-/m1/s1. The summed E-state index contributed by atoms with van der Waals surface area (Å²) in [6, 6.07) is 2.84. The molecule has 4 rings (SSSR count). The first-order valence-electron chi connectivity index (χ1n) is 9.39. The third-order valence-corrected chi connectivity index (χ3v) is 8.39. The molecule has 2 aromatic rings. The molecule has 0 bridgehead atoms. The Bertz CT molecular complexity index is 1250. The summed E-state index contributed by atoms with van der Waals surface area (Å²) < 4.78 is 11.2. The molecule has 0 radical (unpaired) electrons. The zero-order valence-corrected chi connectivity index (χ0v) is 20.8. The van der Waals surface area contributed by atoms with E-state index in [1.165, 1.54) is 28.1 Å². The fraction of sp³-hybridized carbons (Fsp3) is 0.222. The van der Waals surface area contributed by atoms with Crippen molar-refractivity contribution in [1.82, 2.24) is 15.2 Å². The summed E-state index contributed by atoms with van der Waals surface area (Å²) in [7, 11) is -4.63. The lowest BCUT2D eigenvalue weighted by atomic mass is 10.0. The molecule has 2 aliphatic heterocycles. The van der Waals surface area contributed by atoms with Gasteiger partial charge in [-0.15, -0.1) is 23.1 Å². The van der Waals surface area contributed by atoms with Crippen LogP contribution in [0.3, 0.4) is 0 Å².